The molecule has 0 radical (unpaired) electrons. The molecule has 3 atom stereocenters. The molecule has 4 rings (SSSR count). The van der Waals surface area contributed by atoms with E-state index in [1.807, 2.05) is 23.1 Å². The van der Waals surface area contributed by atoms with E-state index in [4.69, 9.17) is 18.9 Å². The molecular weight excluding hydrogens is 322 g/mol. The summed E-state index contributed by atoms with van der Waals surface area (Å²) in [6.45, 7) is 5.59. The van der Waals surface area contributed by atoms with Gasteiger partial charge in [0, 0.05) is 6.54 Å². The van der Waals surface area contributed by atoms with E-state index < -0.39 is 0 Å². The van der Waals surface area contributed by atoms with Crippen LogP contribution in [0, 0.1) is 0 Å². The lowest BCUT2D eigenvalue weighted by molar-refractivity contribution is -0.134. The molecule has 1 amide bonds. The minimum atomic E-state index is -0.0683. The van der Waals surface area contributed by atoms with E-state index >= 15 is 0 Å². The Kier molecular flexibility index (Phi) is 4.63. The maximum atomic E-state index is 13.0. The zero-order valence-electron chi connectivity index (χ0n) is 14.2. The van der Waals surface area contributed by atoms with E-state index in [0.717, 1.165) is 24.2 Å². The molecule has 2 heterocycles. The zero-order chi connectivity index (χ0) is 17.2. The summed E-state index contributed by atoms with van der Waals surface area (Å²) in [5, 5.41) is 0. The largest absolute Gasteiger partial charge is 0.454 e. The summed E-state index contributed by atoms with van der Waals surface area (Å²) in [6, 6.07) is 5.74. The first-order valence-corrected chi connectivity index (χ1v) is 8.78. The third-order valence-electron chi connectivity index (χ3n) is 5.08. The van der Waals surface area contributed by atoms with Crippen LogP contribution in [0.5, 0.6) is 11.5 Å². The molecule has 1 saturated carbocycles. The van der Waals surface area contributed by atoms with Crippen molar-refractivity contribution in [2.75, 3.05) is 26.6 Å². The van der Waals surface area contributed by atoms with Crippen LogP contribution in [0.3, 0.4) is 0 Å². The van der Waals surface area contributed by atoms with Gasteiger partial charge >= 0.3 is 0 Å². The first kappa shape index (κ1) is 16.4. The highest BCUT2D eigenvalue weighted by molar-refractivity contribution is 5.79. The van der Waals surface area contributed by atoms with E-state index in [2.05, 4.69) is 6.58 Å². The molecule has 0 N–H and O–H groups in total. The SMILES string of the molecule is C=CCO[C@@H]1[C@H]2CC[C@H]1OCCN2C(=O)Cc1ccc2c(c1)OCO2. The van der Waals surface area contributed by atoms with E-state index in [1.54, 1.807) is 6.08 Å². The Morgan fingerprint density at radius 3 is 3.08 bits per heavy atom. The Labute approximate surface area is 147 Å². The van der Waals surface area contributed by atoms with Gasteiger partial charge in [-0.3, -0.25) is 4.79 Å². The lowest BCUT2D eigenvalue weighted by Gasteiger charge is -2.31. The number of fused-ring (bicyclic) bond motifs is 3. The van der Waals surface area contributed by atoms with Gasteiger partial charge in [-0.05, 0) is 30.5 Å². The molecule has 1 aromatic carbocycles. The Morgan fingerprint density at radius 1 is 1.32 bits per heavy atom. The number of amides is 1. The van der Waals surface area contributed by atoms with Crippen molar-refractivity contribution in [3.8, 4) is 11.5 Å². The number of rotatable bonds is 5. The molecule has 2 bridgehead atoms. The molecule has 0 aromatic heterocycles. The van der Waals surface area contributed by atoms with Crippen LogP contribution >= 0.6 is 0 Å². The second-order valence-corrected chi connectivity index (χ2v) is 6.59. The van der Waals surface area contributed by atoms with Crippen LogP contribution < -0.4 is 9.47 Å². The van der Waals surface area contributed by atoms with Crippen molar-refractivity contribution >= 4 is 5.91 Å². The standard InChI is InChI=1S/C19H23NO5/c1-2-8-23-19-14-4-6-16(19)22-9-7-20(14)18(21)11-13-3-5-15-17(10-13)25-12-24-15/h2-3,5,10,14,16,19H,1,4,6-9,11-12H2/t14-,16-,19-/m1/s1. The highest BCUT2D eigenvalue weighted by Gasteiger charge is 2.44. The number of ether oxygens (including phenoxy) is 4. The van der Waals surface area contributed by atoms with Crippen LogP contribution in [0.1, 0.15) is 18.4 Å². The van der Waals surface area contributed by atoms with Crippen molar-refractivity contribution in [1.29, 1.82) is 0 Å². The molecule has 0 unspecified atom stereocenters. The maximum absolute atomic E-state index is 13.0. The molecule has 3 aliphatic rings. The van der Waals surface area contributed by atoms with Crippen molar-refractivity contribution in [3.63, 3.8) is 0 Å². The van der Waals surface area contributed by atoms with Gasteiger partial charge in [-0.25, -0.2) is 0 Å². The molecule has 1 saturated heterocycles. The Balaban J connectivity index is 1.47. The van der Waals surface area contributed by atoms with Gasteiger partial charge in [0.25, 0.3) is 0 Å². The Morgan fingerprint density at radius 2 is 2.20 bits per heavy atom. The van der Waals surface area contributed by atoms with E-state index in [9.17, 15) is 4.79 Å². The minimum Gasteiger partial charge on any atom is -0.454 e. The number of carbonyl (C=O) groups excluding carboxylic acids is 1. The second kappa shape index (κ2) is 7.06. The molecule has 1 aromatic rings. The highest BCUT2D eigenvalue weighted by atomic mass is 16.7. The summed E-state index contributed by atoms with van der Waals surface area (Å²) in [5.74, 6) is 1.54. The maximum Gasteiger partial charge on any atom is 0.231 e. The molecule has 134 valence electrons. The number of nitrogens with zero attached hydrogens (tertiary/aromatic N) is 1. The molecule has 1 aliphatic carbocycles. The van der Waals surface area contributed by atoms with Gasteiger partial charge in [0.05, 0.1) is 31.8 Å². The number of hydrogen-bond acceptors (Lipinski definition) is 5. The normalized spacial score (nSPS) is 27.2. The van der Waals surface area contributed by atoms with Gasteiger partial charge in [0.15, 0.2) is 11.5 Å². The van der Waals surface area contributed by atoms with Crippen LogP contribution in [0.4, 0.5) is 0 Å². The summed E-state index contributed by atoms with van der Waals surface area (Å²) in [5.41, 5.74) is 0.928. The fraction of sp³-hybridized carbons (Fsp3) is 0.526. The molecule has 2 fully saturated rings. The third-order valence-corrected chi connectivity index (χ3v) is 5.08. The number of hydrogen-bond donors (Lipinski definition) is 0. The minimum absolute atomic E-state index is 0.0683. The van der Waals surface area contributed by atoms with Crippen molar-refractivity contribution < 1.29 is 23.7 Å². The lowest BCUT2D eigenvalue weighted by atomic mass is 10.1. The average Bonchev–Trinajstić information content (AvgIpc) is 3.16. The van der Waals surface area contributed by atoms with Crippen LogP contribution in [-0.4, -0.2) is 55.6 Å². The van der Waals surface area contributed by atoms with Crippen LogP contribution in [0.2, 0.25) is 0 Å². The summed E-state index contributed by atoms with van der Waals surface area (Å²) >= 11 is 0. The molecule has 25 heavy (non-hydrogen) atoms. The summed E-state index contributed by atoms with van der Waals surface area (Å²) < 4.78 is 22.5. The molecule has 0 spiro atoms. The molecule has 6 heteroatoms. The summed E-state index contributed by atoms with van der Waals surface area (Å²) in [4.78, 5) is 14.9. The van der Waals surface area contributed by atoms with E-state index in [-0.39, 0.29) is 30.9 Å². The third kappa shape index (κ3) is 3.24. The quantitative estimate of drug-likeness (QED) is 0.763. The number of benzene rings is 1. The Bertz CT molecular complexity index is 661. The van der Waals surface area contributed by atoms with E-state index in [1.165, 1.54) is 0 Å². The second-order valence-electron chi connectivity index (χ2n) is 6.59. The van der Waals surface area contributed by atoms with Gasteiger partial charge in [-0.2, -0.15) is 0 Å². The van der Waals surface area contributed by atoms with Crippen LogP contribution in [-0.2, 0) is 20.7 Å². The first-order chi connectivity index (χ1) is 12.3. The fourth-order valence-electron chi connectivity index (χ4n) is 3.93. The fourth-order valence-corrected chi connectivity index (χ4v) is 3.93. The lowest BCUT2D eigenvalue weighted by Crippen LogP contribution is -2.47. The van der Waals surface area contributed by atoms with Crippen molar-refractivity contribution in [3.05, 3.63) is 36.4 Å². The van der Waals surface area contributed by atoms with Crippen LogP contribution in [0.15, 0.2) is 30.9 Å². The van der Waals surface area contributed by atoms with Crippen molar-refractivity contribution in [1.82, 2.24) is 4.90 Å². The zero-order valence-corrected chi connectivity index (χ0v) is 14.2. The van der Waals surface area contributed by atoms with Gasteiger partial charge in [-0.1, -0.05) is 12.1 Å². The van der Waals surface area contributed by atoms with Gasteiger partial charge < -0.3 is 23.8 Å². The molecular formula is C19H23NO5. The van der Waals surface area contributed by atoms with Gasteiger partial charge in [0.1, 0.15) is 6.10 Å². The summed E-state index contributed by atoms with van der Waals surface area (Å²) in [6.07, 6.45) is 3.93. The smallest absolute Gasteiger partial charge is 0.231 e. The van der Waals surface area contributed by atoms with Crippen molar-refractivity contribution in [2.45, 2.75) is 37.5 Å². The molecule has 6 nitrogen and oxygen atoms in total. The first-order valence-electron chi connectivity index (χ1n) is 8.78. The van der Waals surface area contributed by atoms with Crippen LogP contribution in [0.25, 0.3) is 0 Å². The highest BCUT2D eigenvalue weighted by Crippen LogP contribution is 2.34. The topological polar surface area (TPSA) is 57.2 Å². The average molecular weight is 345 g/mol. The monoisotopic (exact) mass is 345 g/mol. The van der Waals surface area contributed by atoms with Crippen molar-refractivity contribution in [2.24, 2.45) is 0 Å². The van der Waals surface area contributed by atoms with Gasteiger partial charge in [0.2, 0.25) is 12.7 Å². The predicted octanol–water partition coefficient (Wildman–Crippen LogP) is 1.92. The predicted molar refractivity (Wildman–Crippen MR) is 90.7 cm³/mol. The number of carbonyl (C=O) groups is 1. The van der Waals surface area contributed by atoms with E-state index in [0.29, 0.717) is 31.9 Å². The Hall–Kier alpha value is -2.05. The summed E-state index contributed by atoms with van der Waals surface area (Å²) in [7, 11) is 0. The molecule has 2 aliphatic heterocycles. The van der Waals surface area contributed by atoms with Gasteiger partial charge in [-0.15, -0.1) is 6.58 Å².